The van der Waals surface area contributed by atoms with E-state index in [1.54, 1.807) is 0 Å². The number of nitrogen functional groups attached to an aromatic ring is 1. The molecule has 0 aliphatic carbocycles. The maximum Gasteiger partial charge on any atom is 0.258 e. The van der Waals surface area contributed by atoms with Crippen molar-refractivity contribution in [3.05, 3.63) is 30.1 Å². The minimum atomic E-state index is -0.142. The molecule has 0 amide bonds. The van der Waals surface area contributed by atoms with E-state index in [-0.39, 0.29) is 12.0 Å². The van der Waals surface area contributed by atoms with Crippen molar-refractivity contribution in [2.75, 3.05) is 12.3 Å². The summed E-state index contributed by atoms with van der Waals surface area (Å²) in [6.45, 7) is 6.71. The molecule has 0 radical (unpaired) electrons. The molecule has 5 nitrogen and oxygen atoms in total. The van der Waals surface area contributed by atoms with E-state index in [1.165, 1.54) is 0 Å². The van der Waals surface area contributed by atoms with Crippen LogP contribution in [0, 0.1) is 5.92 Å². The molecule has 5 heteroatoms. The molecule has 2 rings (SSSR count). The van der Waals surface area contributed by atoms with Crippen LogP contribution in [0.15, 0.2) is 28.8 Å². The van der Waals surface area contributed by atoms with E-state index in [9.17, 15) is 0 Å². The van der Waals surface area contributed by atoms with Gasteiger partial charge in [0.25, 0.3) is 5.89 Å². The molecule has 1 atom stereocenters. The van der Waals surface area contributed by atoms with Gasteiger partial charge in [0, 0.05) is 17.9 Å². The normalized spacial score (nSPS) is 12.8. The van der Waals surface area contributed by atoms with Crippen molar-refractivity contribution in [1.29, 1.82) is 0 Å². The summed E-state index contributed by atoms with van der Waals surface area (Å²) in [4.78, 5) is 4.41. The van der Waals surface area contributed by atoms with Gasteiger partial charge in [-0.15, -0.1) is 0 Å². The Kier molecular flexibility index (Phi) is 4.16. The van der Waals surface area contributed by atoms with Crippen molar-refractivity contribution in [3.8, 4) is 11.5 Å². The molecule has 0 fully saturated rings. The van der Waals surface area contributed by atoms with E-state index in [0.717, 1.165) is 5.56 Å². The topological polar surface area (TPSA) is 74.2 Å². The molecule has 1 unspecified atom stereocenters. The van der Waals surface area contributed by atoms with E-state index < -0.39 is 0 Å². The summed E-state index contributed by atoms with van der Waals surface area (Å²) in [6.07, 6.45) is -0.142. The highest BCUT2D eigenvalue weighted by Gasteiger charge is 2.22. The number of hydrogen-bond acceptors (Lipinski definition) is 5. The minimum Gasteiger partial charge on any atom is -0.399 e. The number of anilines is 1. The number of ether oxygens (including phenoxy) is 1. The molecule has 2 aromatic rings. The van der Waals surface area contributed by atoms with E-state index in [2.05, 4.69) is 24.0 Å². The Morgan fingerprint density at radius 3 is 2.53 bits per heavy atom. The molecule has 19 heavy (non-hydrogen) atoms. The largest absolute Gasteiger partial charge is 0.399 e. The Bertz CT molecular complexity index is 520. The molecule has 2 N–H and O–H groups in total. The first kappa shape index (κ1) is 13.5. The number of benzene rings is 1. The quantitative estimate of drug-likeness (QED) is 0.837. The van der Waals surface area contributed by atoms with Gasteiger partial charge in [-0.2, -0.15) is 4.98 Å². The molecular formula is C14H19N3O2. The lowest BCUT2D eigenvalue weighted by molar-refractivity contribution is 0.0217. The van der Waals surface area contributed by atoms with E-state index >= 15 is 0 Å². The minimum absolute atomic E-state index is 0.142. The lowest BCUT2D eigenvalue weighted by Gasteiger charge is -2.16. The first-order valence-electron chi connectivity index (χ1n) is 6.43. The van der Waals surface area contributed by atoms with Crippen molar-refractivity contribution in [3.63, 3.8) is 0 Å². The summed E-state index contributed by atoms with van der Waals surface area (Å²) in [6, 6.07) is 7.33. The van der Waals surface area contributed by atoms with E-state index in [4.69, 9.17) is 15.0 Å². The molecule has 1 aromatic heterocycles. The number of nitrogens with two attached hydrogens (primary N) is 1. The highest BCUT2D eigenvalue weighted by Crippen LogP contribution is 2.26. The number of nitrogens with zero attached hydrogens (tertiary/aromatic N) is 2. The van der Waals surface area contributed by atoms with Crippen molar-refractivity contribution >= 4 is 5.69 Å². The van der Waals surface area contributed by atoms with Gasteiger partial charge in [0.1, 0.15) is 6.10 Å². The summed E-state index contributed by atoms with van der Waals surface area (Å²) < 4.78 is 10.9. The van der Waals surface area contributed by atoms with Gasteiger partial charge in [0.15, 0.2) is 0 Å². The maximum absolute atomic E-state index is 5.65. The molecule has 0 aliphatic heterocycles. The van der Waals surface area contributed by atoms with Crippen LogP contribution in [0.4, 0.5) is 5.69 Å². The summed E-state index contributed by atoms with van der Waals surface area (Å²) in [5.74, 6) is 1.36. The van der Waals surface area contributed by atoms with Crippen LogP contribution < -0.4 is 5.73 Å². The summed E-state index contributed by atoms with van der Waals surface area (Å²) in [5, 5.41) is 4.01. The third-order valence-corrected chi connectivity index (χ3v) is 2.81. The van der Waals surface area contributed by atoms with Crippen LogP contribution in [0.5, 0.6) is 0 Å². The lowest BCUT2D eigenvalue weighted by atomic mass is 10.1. The fourth-order valence-corrected chi connectivity index (χ4v) is 1.84. The van der Waals surface area contributed by atoms with Crippen LogP contribution in [0.2, 0.25) is 0 Å². The zero-order valence-corrected chi connectivity index (χ0v) is 11.5. The lowest BCUT2D eigenvalue weighted by Crippen LogP contribution is -2.12. The van der Waals surface area contributed by atoms with Gasteiger partial charge >= 0.3 is 0 Å². The molecule has 1 heterocycles. The standard InChI is InChI=1S/C14H19N3O2/c1-4-18-12(9(2)3)13-16-14(19-17-13)10-5-7-11(15)8-6-10/h5-9,12H,4,15H2,1-3H3. The summed E-state index contributed by atoms with van der Waals surface area (Å²) >= 11 is 0. The fraction of sp³-hybridized carbons (Fsp3) is 0.429. The van der Waals surface area contributed by atoms with Gasteiger partial charge in [-0.25, -0.2) is 0 Å². The smallest absolute Gasteiger partial charge is 0.258 e. The van der Waals surface area contributed by atoms with Crippen molar-refractivity contribution in [2.24, 2.45) is 5.92 Å². The maximum atomic E-state index is 5.65. The third kappa shape index (κ3) is 3.12. The van der Waals surface area contributed by atoms with Crippen molar-refractivity contribution < 1.29 is 9.26 Å². The zero-order valence-electron chi connectivity index (χ0n) is 11.5. The van der Waals surface area contributed by atoms with Crippen molar-refractivity contribution in [1.82, 2.24) is 10.1 Å². The summed E-state index contributed by atoms with van der Waals surface area (Å²) in [5.41, 5.74) is 7.21. The predicted molar refractivity (Wildman–Crippen MR) is 73.4 cm³/mol. The molecular weight excluding hydrogens is 242 g/mol. The molecule has 0 saturated carbocycles. The number of rotatable bonds is 5. The van der Waals surface area contributed by atoms with Crippen LogP contribution in [0.1, 0.15) is 32.7 Å². The Balaban J connectivity index is 2.24. The molecule has 0 aliphatic rings. The van der Waals surface area contributed by atoms with Gasteiger partial charge in [0.2, 0.25) is 5.82 Å². The molecule has 102 valence electrons. The summed E-state index contributed by atoms with van der Waals surface area (Å²) in [7, 11) is 0. The molecule has 0 bridgehead atoms. The van der Waals surface area contributed by atoms with Crippen LogP contribution in [0.3, 0.4) is 0 Å². The Hall–Kier alpha value is -1.88. The first-order valence-corrected chi connectivity index (χ1v) is 6.43. The zero-order chi connectivity index (χ0) is 13.8. The third-order valence-electron chi connectivity index (χ3n) is 2.81. The second kappa shape index (κ2) is 5.84. The highest BCUT2D eigenvalue weighted by atomic mass is 16.5. The first-order chi connectivity index (χ1) is 9.11. The Labute approximate surface area is 112 Å². The SMILES string of the molecule is CCOC(c1noc(-c2ccc(N)cc2)n1)C(C)C. The van der Waals surface area contributed by atoms with Gasteiger partial charge in [-0.3, -0.25) is 0 Å². The second-order valence-electron chi connectivity index (χ2n) is 4.70. The van der Waals surface area contributed by atoms with Crippen LogP contribution >= 0.6 is 0 Å². The molecule has 1 aromatic carbocycles. The van der Waals surface area contributed by atoms with E-state index in [1.807, 2.05) is 31.2 Å². The average molecular weight is 261 g/mol. The number of hydrogen-bond donors (Lipinski definition) is 1. The molecule has 0 saturated heterocycles. The highest BCUT2D eigenvalue weighted by molar-refractivity contribution is 5.56. The predicted octanol–water partition coefficient (Wildman–Crippen LogP) is 3.05. The van der Waals surface area contributed by atoms with Gasteiger partial charge in [-0.1, -0.05) is 19.0 Å². The van der Waals surface area contributed by atoms with Crippen LogP contribution in [-0.2, 0) is 4.74 Å². The monoisotopic (exact) mass is 261 g/mol. The van der Waals surface area contributed by atoms with E-state index in [0.29, 0.717) is 24.0 Å². The number of aromatic nitrogens is 2. The van der Waals surface area contributed by atoms with Crippen molar-refractivity contribution in [2.45, 2.75) is 26.9 Å². The average Bonchev–Trinajstić information content (AvgIpc) is 2.85. The van der Waals surface area contributed by atoms with Gasteiger partial charge in [0.05, 0.1) is 0 Å². The second-order valence-corrected chi connectivity index (χ2v) is 4.70. The fourth-order valence-electron chi connectivity index (χ4n) is 1.84. The molecule has 0 spiro atoms. The van der Waals surface area contributed by atoms with Gasteiger partial charge < -0.3 is 15.0 Å². The Morgan fingerprint density at radius 2 is 1.95 bits per heavy atom. The van der Waals surface area contributed by atoms with Crippen LogP contribution in [0.25, 0.3) is 11.5 Å². The van der Waals surface area contributed by atoms with Gasteiger partial charge in [-0.05, 0) is 37.1 Å². The van der Waals surface area contributed by atoms with Crippen LogP contribution in [-0.4, -0.2) is 16.7 Å². The Morgan fingerprint density at radius 1 is 1.26 bits per heavy atom.